The first kappa shape index (κ1) is 18.2. The zero-order chi connectivity index (χ0) is 17.8. The molecule has 0 aliphatic carbocycles. The first-order chi connectivity index (χ1) is 12.1. The number of hydrogen-bond acceptors (Lipinski definition) is 3. The minimum atomic E-state index is -0.377. The Labute approximate surface area is 154 Å². The fourth-order valence-electron chi connectivity index (χ4n) is 3.19. The highest BCUT2D eigenvalue weighted by Crippen LogP contribution is 2.28. The van der Waals surface area contributed by atoms with Gasteiger partial charge in [-0.15, -0.1) is 0 Å². The maximum atomic E-state index is 13.4. The van der Waals surface area contributed by atoms with Crippen LogP contribution in [0, 0.1) is 5.82 Å². The lowest BCUT2D eigenvalue weighted by molar-refractivity contribution is 0.122. The van der Waals surface area contributed by atoms with Gasteiger partial charge < -0.3 is 9.64 Å². The first-order valence-corrected chi connectivity index (χ1v) is 9.00. The summed E-state index contributed by atoms with van der Waals surface area (Å²) in [5.41, 5.74) is 3.56. The van der Waals surface area contributed by atoms with Gasteiger partial charge in [0.1, 0.15) is 5.82 Å². The van der Waals surface area contributed by atoms with Gasteiger partial charge in [-0.1, -0.05) is 35.9 Å². The average molecular weight is 363 g/mol. The molecule has 0 amide bonds. The number of halogens is 2. The molecule has 134 valence electrons. The van der Waals surface area contributed by atoms with E-state index in [4.69, 9.17) is 16.3 Å². The molecule has 0 aromatic heterocycles. The molecule has 0 spiro atoms. The molecule has 1 unspecified atom stereocenters. The predicted molar refractivity (Wildman–Crippen MR) is 101 cm³/mol. The van der Waals surface area contributed by atoms with Crippen LogP contribution in [0.5, 0.6) is 0 Å². The summed E-state index contributed by atoms with van der Waals surface area (Å²) in [5.74, 6) is -0.377. The van der Waals surface area contributed by atoms with E-state index in [1.807, 2.05) is 0 Å². The van der Waals surface area contributed by atoms with E-state index >= 15 is 0 Å². The SMILES string of the molecule is CC(c1ccc(F)c(Cl)c1)N(C)Cc1ccccc1N1CCOCC1. The molecule has 0 bridgehead atoms. The van der Waals surface area contributed by atoms with Crippen LogP contribution in [0.1, 0.15) is 24.1 Å². The van der Waals surface area contributed by atoms with Crippen LogP contribution in [-0.2, 0) is 11.3 Å². The van der Waals surface area contributed by atoms with E-state index in [1.54, 1.807) is 12.1 Å². The van der Waals surface area contributed by atoms with Gasteiger partial charge in [-0.05, 0) is 43.3 Å². The summed E-state index contributed by atoms with van der Waals surface area (Å²) in [6.07, 6.45) is 0. The van der Waals surface area contributed by atoms with Crippen LogP contribution in [-0.4, -0.2) is 38.3 Å². The Morgan fingerprint density at radius 1 is 1.20 bits per heavy atom. The molecule has 2 aromatic carbocycles. The lowest BCUT2D eigenvalue weighted by atomic mass is 10.1. The Balaban J connectivity index is 1.76. The van der Waals surface area contributed by atoms with Crippen LogP contribution < -0.4 is 4.90 Å². The monoisotopic (exact) mass is 362 g/mol. The number of benzene rings is 2. The van der Waals surface area contributed by atoms with Crippen molar-refractivity contribution in [2.24, 2.45) is 0 Å². The summed E-state index contributed by atoms with van der Waals surface area (Å²) < 4.78 is 18.9. The maximum Gasteiger partial charge on any atom is 0.141 e. The zero-order valence-corrected chi connectivity index (χ0v) is 15.5. The number of ether oxygens (including phenoxy) is 1. The van der Waals surface area contributed by atoms with Gasteiger partial charge in [0.15, 0.2) is 0 Å². The van der Waals surface area contributed by atoms with Crippen molar-refractivity contribution in [1.29, 1.82) is 0 Å². The minimum Gasteiger partial charge on any atom is -0.378 e. The molecule has 0 radical (unpaired) electrons. The number of rotatable bonds is 5. The smallest absolute Gasteiger partial charge is 0.141 e. The number of anilines is 1. The predicted octanol–water partition coefficient (Wildman–Crippen LogP) is 4.51. The standard InChI is InChI=1S/C20H24ClFN2O/c1-15(16-7-8-19(22)18(21)13-16)23(2)14-17-5-3-4-6-20(17)24-9-11-25-12-10-24/h3-8,13,15H,9-12,14H2,1-2H3. The number of para-hydroxylation sites is 1. The highest BCUT2D eigenvalue weighted by Gasteiger charge is 2.18. The molecule has 3 rings (SSSR count). The summed E-state index contributed by atoms with van der Waals surface area (Å²) >= 11 is 5.94. The Bertz CT molecular complexity index is 719. The Morgan fingerprint density at radius 3 is 2.64 bits per heavy atom. The fraction of sp³-hybridized carbons (Fsp3) is 0.400. The molecule has 1 aliphatic heterocycles. The lowest BCUT2D eigenvalue weighted by Crippen LogP contribution is -2.37. The third kappa shape index (κ3) is 4.32. The molecule has 3 nitrogen and oxygen atoms in total. The largest absolute Gasteiger partial charge is 0.378 e. The first-order valence-electron chi connectivity index (χ1n) is 8.62. The van der Waals surface area contributed by atoms with Crippen molar-refractivity contribution in [2.45, 2.75) is 19.5 Å². The van der Waals surface area contributed by atoms with Crippen molar-refractivity contribution in [3.8, 4) is 0 Å². The summed E-state index contributed by atoms with van der Waals surface area (Å²) in [6, 6.07) is 13.6. The van der Waals surface area contributed by atoms with Gasteiger partial charge >= 0.3 is 0 Å². The second kappa shape index (κ2) is 8.17. The van der Waals surface area contributed by atoms with E-state index in [1.165, 1.54) is 17.3 Å². The molecule has 1 atom stereocenters. The molecule has 1 aliphatic rings. The van der Waals surface area contributed by atoms with Crippen molar-refractivity contribution < 1.29 is 9.13 Å². The molecule has 1 saturated heterocycles. The molecule has 0 N–H and O–H groups in total. The van der Waals surface area contributed by atoms with E-state index in [2.05, 4.69) is 48.0 Å². The van der Waals surface area contributed by atoms with Gasteiger partial charge in [0, 0.05) is 31.4 Å². The summed E-state index contributed by atoms with van der Waals surface area (Å²) in [5, 5.41) is 0.173. The second-order valence-corrected chi connectivity index (χ2v) is 6.90. The van der Waals surface area contributed by atoms with Crippen LogP contribution >= 0.6 is 11.6 Å². The molecular formula is C20H24ClFN2O. The normalized spacial score (nSPS) is 16.3. The summed E-state index contributed by atoms with van der Waals surface area (Å²) in [4.78, 5) is 4.63. The molecular weight excluding hydrogens is 339 g/mol. The highest BCUT2D eigenvalue weighted by molar-refractivity contribution is 6.30. The van der Waals surface area contributed by atoms with E-state index in [-0.39, 0.29) is 16.9 Å². The van der Waals surface area contributed by atoms with Gasteiger partial charge in [-0.2, -0.15) is 0 Å². The zero-order valence-electron chi connectivity index (χ0n) is 14.7. The molecule has 5 heteroatoms. The van der Waals surface area contributed by atoms with E-state index < -0.39 is 0 Å². The van der Waals surface area contributed by atoms with Crippen molar-refractivity contribution >= 4 is 17.3 Å². The van der Waals surface area contributed by atoms with Crippen molar-refractivity contribution in [1.82, 2.24) is 4.90 Å². The molecule has 1 heterocycles. The lowest BCUT2D eigenvalue weighted by Gasteiger charge is -2.32. The topological polar surface area (TPSA) is 15.7 Å². The average Bonchev–Trinajstić information content (AvgIpc) is 2.64. The Morgan fingerprint density at radius 2 is 1.92 bits per heavy atom. The summed E-state index contributed by atoms with van der Waals surface area (Å²) in [7, 11) is 2.08. The number of hydrogen-bond donors (Lipinski definition) is 0. The van der Waals surface area contributed by atoms with Crippen LogP contribution in [0.15, 0.2) is 42.5 Å². The van der Waals surface area contributed by atoms with E-state index in [9.17, 15) is 4.39 Å². The molecule has 0 saturated carbocycles. The van der Waals surface area contributed by atoms with Gasteiger partial charge in [0.05, 0.1) is 18.2 Å². The van der Waals surface area contributed by atoms with Gasteiger partial charge in [0.2, 0.25) is 0 Å². The second-order valence-electron chi connectivity index (χ2n) is 6.49. The summed E-state index contributed by atoms with van der Waals surface area (Å²) in [6.45, 7) is 6.31. The highest BCUT2D eigenvalue weighted by atomic mass is 35.5. The molecule has 1 fully saturated rings. The van der Waals surface area contributed by atoms with Gasteiger partial charge in [-0.3, -0.25) is 4.90 Å². The van der Waals surface area contributed by atoms with Crippen LogP contribution in [0.2, 0.25) is 5.02 Å². The van der Waals surface area contributed by atoms with E-state index in [0.29, 0.717) is 0 Å². The maximum absolute atomic E-state index is 13.4. The number of nitrogens with zero attached hydrogens (tertiary/aromatic N) is 2. The quantitative estimate of drug-likeness (QED) is 0.778. The van der Waals surface area contributed by atoms with Crippen molar-refractivity contribution in [3.63, 3.8) is 0 Å². The third-order valence-electron chi connectivity index (χ3n) is 4.85. The van der Waals surface area contributed by atoms with E-state index in [0.717, 1.165) is 38.4 Å². The van der Waals surface area contributed by atoms with Gasteiger partial charge in [0.25, 0.3) is 0 Å². The van der Waals surface area contributed by atoms with Crippen molar-refractivity contribution in [3.05, 3.63) is 64.4 Å². The fourth-order valence-corrected chi connectivity index (χ4v) is 3.38. The molecule has 25 heavy (non-hydrogen) atoms. The number of morpholine rings is 1. The van der Waals surface area contributed by atoms with Crippen LogP contribution in [0.25, 0.3) is 0 Å². The van der Waals surface area contributed by atoms with Crippen LogP contribution in [0.4, 0.5) is 10.1 Å². The van der Waals surface area contributed by atoms with Gasteiger partial charge in [-0.25, -0.2) is 4.39 Å². The van der Waals surface area contributed by atoms with Crippen molar-refractivity contribution in [2.75, 3.05) is 38.3 Å². The Kier molecular flexibility index (Phi) is 5.94. The molecule has 2 aromatic rings. The van der Waals surface area contributed by atoms with Crippen LogP contribution in [0.3, 0.4) is 0 Å². The third-order valence-corrected chi connectivity index (χ3v) is 5.14. The minimum absolute atomic E-state index is 0.135. The Hall–Kier alpha value is -1.62.